The van der Waals surface area contributed by atoms with Gasteiger partial charge in [0.2, 0.25) is 0 Å². The molecule has 0 heterocycles. The second-order valence-electron chi connectivity index (χ2n) is 5.00. The summed E-state index contributed by atoms with van der Waals surface area (Å²) in [5.74, 6) is -1.99. The third-order valence-electron chi connectivity index (χ3n) is 3.59. The standard InChI is InChI=1S/C17H15BrF2O/c1-3-10(2)11-4-6-12(7-5-11)17(21)16-14(19)8-13(18)9-15(16)20/h4-10H,3H2,1-2H3. The number of benzene rings is 2. The molecule has 110 valence electrons. The smallest absolute Gasteiger partial charge is 0.198 e. The van der Waals surface area contributed by atoms with Gasteiger partial charge < -0.3 is 0 Å². The number of hydrogen-bond donors (Lipinski definition) is 0. The van der Waals surface area contributed by atoms with E-state index in [4.69, 9.17) is 0 Å². The molecule has 0 saturated heterocycles. The average Bonchev–Trinajstić information content (AvgIpc) is 2.45. The van der Waals surface area contributed by atoms with Crippen LogP contribution in [0.3, 0.4) is 0 Å². The predicted octanol–water partition coefficient (Wildman–Crippen LogP) is 5.47. The molecular weight excluding hydrogens is 338 g/mol. The van der Waals surface area contributed by atoms with E-state index < -0.39 is 23.0 Å². The first-order valence-corrected chi connectivity index (χ1v) is 7.52. The minimum absolute atomic E-state index is 0.265. The van der Waals surface area contributed by atoms with Crippen LogP contribution in [0.5, 0.6) is 0 Å². The van der Waals surface area contributed by atoms with E-state index in [2.05, 4.69) is 29.8 Å². The summed E-state index contributed by atoms with van der Waals surface area (Å²) in [4.78, 5) is 12.3. The highest BCUT2D eigenvalue weighted by molar-refractivity contribution is 9.10. The summed E-state index contributed by atoms with van der Waals surface area (Å²) in [6.45, 7) is 4.17. The summed E-state index contributed by atoms with van der Waals surface area (Å²) in [6, 6.07) is 9.06. The van der Waals surface area contributed by atoms with Gasteiger partial charge in [-0.1, -0.05) is 54.0 Å². The summed E-state index contributed by atoms with van der Waals surface area (Å²) in [5.41, 5.74) is 0.863. The minimum Gasteiger partial charge on any atom is -0.288 e. The van der Waals surface area contributed by atoms with E-state index in [0.29, 0.717) is 5.92 Å². The average molecular weight is 353 g/mol. The SMILES string of the molecule is CCC(C)c1ccc(C(=O)c2c(F)cc(Br)cc2F)cc1. The third-order valence-corrected chi connectivity index (χ3v) is 4.05. The van der Waals surface area contributed by atoms with Crippen LogP contribution in [0.15, 0.2) is 40.9 Å². The number of ketones is 1. The molecule has 2 aromatic rings. The molecule has 2 aromatic carbocycles. The zero-order valence-corrected chi connectivity index (χ0v) is 13.4. The van der Waals surface area contributed by atoms with Crippen LogP contribution in [0, 0.1) is 11.6 Å². The zero-order chi connectivity index (χ0) is 15.6. The van der Waals surface area contributed by atoms with E-state index in [0.717, 1.165) is 24.1 Å². The molecule has 0 amide bonds. The van der Waals surface area contributed by atoms with E-state index in [1.165, 1.54) is 0 Å². The molecule has 0 saturated carbocycles. The van der Waals surface area contributed by atoms with Crippen LogP contribution in [0.1, 0.15) is 47.7 Å². The van der Waals surface area contributed by atoms with Gasteiger partial charge in [0.05, 0.1) is 5.56 Å². The third kappa shape index (κ3) is 3.38. The molecule has 2 rings (SSSR count). The Morgan fingerprint density at radius 1 is 1.14 bits per heavy atom. The first-order chi connectivity index (χ1) is 9.93. The van der Waals surface area contributed by atoms with Crippen molar-refractivity contribution in [3.05, 3.63) is 69.2 Å². The van der Waals surface area contributed by atoms with Crippen LogP contribution in [-0.2, 0) is 0 Å². The molecule has 0 spiro atoms. The van der Waals surface area contributed by atoms with Gasteiger partial charge in [-0.25, -0.2) is 8.78 Å². The Morgan fingerprint density at radius 2 is 1.67 bits per heavy atom. The first-order valence-electron chi connectivity index (χ1n) is 6.73. The summed E-state index contributed by atoms with van der Waals surface area (Å²) in [7, 11) is 0. The largest absolute Gasteiger partial charge is 0.288 e. The van der Waals surface area contributed by atoms with Crippen LogP contribution >= 0.6 is 15.9 Å². The number of hydrogen-bond acceptors (Lipinski definition) is 1. The molecule has 0 aliphatic heterocycles. The molecular formula is C17H15BrF2O. The van der Waals surface area contributed by atoms with Gasteiger partial charge in [-0.3, -0.25) is 4.79 Å². The first kappa shape index (κ1) is 15.8. The van der Waals surface area contributed by atoms with Crippen molar-refractivity contribution in [1.29, 1.82) is 0 Å². The second-order valence-corrected chi connectivity index (χ2v) is 5.92. The van der Waals surface area contributed by atoms with E-state index in [-0.39, 0.29) is 10.0 Å². The van der Waals surface area contributed by atoms with Gasteiger partial charge in [0, 0.05) is 10.0 Å². The van der Waals surface area contributed by atoms with Crippen molar-refractivity contribution in [2.45, 2.75) is 26.2 Å². The lowest BCUT2D eigenvalue weighted by Gasteiger charge is -2.10. The normalized spacial score (nSPS) is 12.2. The van der Waals surface area contributed by atoms with Crippen LogP contribution in [0.2, 0.25) is 0 Å². The van der Waals surface area contributed by atoms with Crippen LogP contribution < -0.4 is 0 Å². The molecule has 0 aromatic heterocycles. The van der Waals surface area contributed by atoms with Crippen molar-refractivity contribution in [3.63, 3.8) is 0 Å². The van der Waals surface area contributed by atoms with Gasteiger partial charge in [0.25, 0.3) is 0 Å². The summed E-state index contributed by atoms with van der Waals surface area (Å²) in [5, 5.41) is 0. The van der Waals surface area contributed by atoms with Crippen LogP contribution in [-0.4, -0.2) is 5.78 Å². The van der Waals surface area contributed by atoms with Gasteiger partial charge in [0.1, 0.15) is 11.6 Å². The lowest BCUT2D eigenvalue weighted by Crippen LogP contribution is -2.08. The Bertz CT molecular complexity index is 642. The minimum atomic E-state index is -0.863. The van der Waals surface area contributed by atoms with Crippen molar-refractivity contribution >= 4 is 21.7 Å². The fraction of sp³-hybridized carbons (Fsp3) is 0.235. The Morgan fingerprint density at radius 3 is 2.14 bits per heavy atom. The van der Waals surface area contributed by atoms with Crippen molar-refractivity contribution < 1.29 is 13.6 Å². The molecule has 21 heavy (non-hydrogen) atoms. The fourth-order valence-electron chi connectivity index (χ4n) is 2.10. The molecule has 1 atom stereocenters. The molecule has 0 N–H and O–H groups in total. The number of carbonyl (C=O) groups excluding carboxylic acids is 1. The molecule has 4 heteroatoms. The summed E-state index contributed by atoms with van der Waals surface area (Å²) >= 11 is 2.99. The predicted molar refractivity (Wildman–Crippen MR) is 82.6 cm³/mol. The van der Waals surface area contributed by atoms with E-state index in [1.807, 2.05) is 12.1 Å². The topological polar surface area (TPSA) is 17.1 Å². The second kappa shape index (κ2) is 6.48. The Kier molecular flexibility index (Phi) is 4.88. The molecule has 0 fully saturated rings. The van der Waals surface area contributed by atoms with Crippen molar-refractivity contribution in [2.24, 2.45) is 0 Å². The highest BCUT2D eigenvalue weighted by atomic mass is 79.9. The molecule has 0 aliphatic rings. The molecule has 1 unspecified atom stereocenters. The highest BCUT2D eigenvalue weighted by Crippen LogP contribution is 2.24. The van der Waals surface area contributed by atoms with Gasteiger partial charge in [0.15, 0.2) is 5.78 Å². The molecule has 0 bridgehead atoms. The van der Waals surface area contributed by atoms with Crippen LogP contribution in [0.4, 0.5) is 8.78 Å². The van der Waals surface area contributed by atoms with Gasteiger partial charge >= 0.3 is 0 Å². The maximum Gasteiger partial charge on any atom is 0.198 e. The van der Waals surface area contributed by atoms with Gasteiger partial charge in [-0.15, -0.1) is 0 Å². The van der Waals surface area contributed by atoms with Crippen molar-refractivity contribution in [1.82, 2.24) is 0 Å². The van der Waals surface area contributed by atoms with Gasteiger partial charge in [-0.2, -0.15) is 0 Å². The quantitative estimate of drug-likeness (QED) is 0.666. The Hall–Kier alpha value is -1.55. The van der Waals surface area contributed by atoms with E-state index in [1.54, 1.807) is 12.1 Å². The maximum absolute atomic E-state index is 13.8. The Balaban J connectivity index is 2.37. The number of halogens is 3. The Labute approximate surface area is 131 Å². The highest BCUT2D eigenvalue weighted by Gasteiger charge is 2.20. The van der Waals surface area contributed by atoms with Crippen molar-refractivity contribution in [3.8, 4) is 0 Å². The van der Waals surface area contributed by atoms with Crippen LogP contribution in [0.25, 0.3) is 0 Å². The monoisotopic (exact) mass is 352 g/mol. The molecule has 0 aliphatic carbocycles. The lowest BCUT2D eigenvalue weighted by atomic mass is 9.95. The van der Waals surface area contributed by atoms with Gasteiger partial charge in [-0.05, 0) is 30.0 Å². The maximum atomic E-state index is 13.8. The van der Waals surface area contributed by atoms with Crippen molar-refractivity contribution in [2.75, 3.05) is 0 Å². The fourth-order valence-corrected chi connectivity index (χ4v) is 2.50. The van der Waals surface area contributed by atoms with E-state index in [9.17, 15) is 13.6 Å². The molecule has 1 nitrogen and oxygen atoms in total. The number of carbonyl (C=O) groups is 1. The zero-order valence-electron chi connectivity index (χ0n) is 11.8. The lowest BCUT2D eigenvalue weighted by molar-refractivity contribution is 0.103. The van der Waals surface area contributed by atoms with E-state index >= 15 is 0 Å². The number of rotatable bonds is 4. The summed E-state index contributed by atoms with van der Waals surface area (Å²) < 4.78 is 27.9. The molecule has 0 radical (unpaired) electrons. The summed E-state index contributed by atoms with van der Waals surface area (Å²) in [6.07, 6.45) is 0.989.